The van der Waals surface area contributed by atoms with Gasteiger partial charge in [-0.1, -0.05) is 0 Å². The van der Waals surface area contributed by atoms with Crippen LogP contribution in [-0.2, 0) is 4.74 Å². The molecule has 0 N–H and O–H groups in total. The Balaban J connectivity index is 1.48. The van der Waals surface area contributed by atoms with Crippen LogP contribution in [0.3, 0.4) is 0 Å². The Morgan fingerprint density at radius 3 is 2.45 bits per heavy atom. The average Bonchev–Trinajstić information content (AvgIpc) is 3.23. The molecule has 3 fully saturated rings. The van der Waals surface area contributed by atoms with Crippen LogP contribution < -0.4 is 0 Å². The van der Waals surface area contributed by atoms with E-state index >= 15 is 0 Å². The highest BCUT2D eigenvalue weighted by molar-refractivity contribution is 4.99. The summed E-state index contributed by atoms with van der Waals surface area (Å²) >= 11 is 0. The lowest BCUT2D eigenvalue weighted by atomic mass is 9.91. The van der Waals surface area contributed by atoms with E-state index in [-0.39, 0.29) is 5.60 Å². The molecule has 2 unspecified atom stereocenters. The molecule has 2 saturated heterocycles. The lowest BCUT2D eigenvalue weighted by molar-refractivity contribution is -0.112. The molecule has 0 bridgehead atoms. The van der Waals surface area contributed by atoms with E-state index in [0.717, 1.165) is 25.1 Å². The van der Waals surface area contributed by atoms with Gasteiger partial charge in [-0.05, 0) is 78.2 Å². The van der Waals surface area contributed by atoms with Gasteiger partial charge in [0.25, 0.3) is 0 Å². The summed E-state index contributed by atoms with van der Waals surface area (Å²) in [5.41, 5.74) is 0.802. The normalized spacial score (nSPS) is 34.2. The quantitative estimate of drug-likeness (QED) is 0.773. The first kappa shape index (κ1) is 16.7. The zero-order chi connectivity index (χ0) is 15.8. The summed E-state index contributed by atoms with van der Waals surface area (Å²) in [4.78, 5) is 5.34. The van der Waals surface area contributed by atoms with Gasteiger partial charge in [0.15, 0.2) is 0 Å². The zero-order valence-electron chi connectivity index (χ0n) is 15.2. The maximum atomic E-state index is 6.18. The van der Waals surface area contributed by atoms with Gasteiger partial charge in [-0.25, -0.2) is 0 Å². The minimum absolute atomic E-state index is 0.0594. The first-order chi connectivity index (χ1) is 10.4. The fourth-order valence-electron chi connectivity index (χ4n) is 4.46. The summed E-state index contributed by atoms with van der Waals surface area (Å²) < 4.78 is 6.18. The van der Waals surface area contributed by atoms with Gasteiger partial charge in [-0.2, -0.15) is 0 Å². The van der Waals surface area contributed by atoms with Gasteiger partial charge in [-0.15, -0.1) is 0 Å². The van der Waals surface area contributed by atoms with Crippen molar-refractivity contribution in [2.75, 3.05) is 32.8 Å². The van der Waals surface area contributed by atoms with E-state index < -0.39 is 0 Å². The standard InChI is InChI=1S/C19H36N2O/c1-16(2)20-12-13-22-18(4,14-20)8-6-17(3)21-11-5-7-19(15-21)9-10-19/h16-17H,5-15H2,1-4H3. The summed E-state index contributed by atoms with van der Waals surface area (Å²) in [6.45, 7) is 15.1. The second-order valence-corrected chi connectivity index (χ2v) is 8.82. The van der Waals surface area contributed by atoms with Crippen molar-refractivity contribution in [3.63, 3.8) is 0 Å². The molecule has 3 heteroatoms. The van der Waals surface area contributed by atoms with Crippen molar-refractivity contribution in [3.05, 3.63) is 0 Å². The van der Waals surface area contributed by atoms with Crippen LogP contribution in [0.25, 0.3) is 0 Å². The zero-order valence-corrected chi connectivity index (χ0v) is 15.2. The molecule has 2 heterocycles. The maximum absolute atomic E-state index is 6.18. The molecule has 1 spiro atoms. The van der Waals surface area contributed by atoms with Gasteiger partial charge in [-0.3, -0.25) is 4.90 Å². The van der Waals surface area contributed by atoms with Crippen LogP contribution in [0.15, 0.2) is 0 Å². The largest absolute Gasteiger partial charge is 0.373 e. The molecule has 1 aliphatic carbocycles. The monoisotopic (exact) mass is 308 g/mol. The highest BCUT2D eigenvalue weighted by Gasteiger charge is 2.46. The molecule has 0 radical (unpaired) electrons. The van der Waals surface area contributed by atoms with E-state index in [4.69, 9.17) is 4.74 Å². The minimum atomic E-state index is 0.0594. The molecule has 3 aliphatic rings. The summed E-state index contributed by atoms with van der Waals surface area (Å²) in [5, 5.41) is 0. The van der Waals surface area contributed by atoms with E-state index in [1.807, 2.05) is 0 Å². The van der Waals surface area contributed by atoms with E-state index in [2.05, 4.69) is 37.5 Å². The molecule has 1 saturated carbocycles. The molecular formula is C19H36N2O. The average molecular weight is 309 g/mol. The molecule has 22 heavy (non-hydrogen) atoms. The highest BCUT2D eigenvalue weighted by atomic mass is 16.5. The lowest BCUT2D eigenvalue weighted by Crippen LogP contribution is -2.53. The summed E-state index contributed by atoms with van der Waals surface area (Å²) in [6, 6.07) is 1.35. The van der Waals surface area contributed by atoms with Crippen molar-refractivity contribution in [1.82, 2.24) is 9.80 Å². The Hall–Kier alpha value is -0.120. The van der Waals surface area contributed by atoms with Gasteiger partial charge in [0.2, 0.25) is 0 Å². The molecule has 2 atom stereocenters. The number of piperidine rings is 1. The Kier molecular flexibility index (Phi) is 4.87. The molecule has 0 aromatic rings. The van der Waals surface area contributed by atoms with Gasteiger partial charge in [0, 0.05) is 31.7 Å². The maximum Gasteiger partial charge on any atom is 0.0782 e. The van der Waals surface area contributed by atoms with Crippen LogP contribution in [-0.4, -0.2) is 60.3 Å². The molecule has 0 aromatic heterocycles. The van der Waals surface area contributed by atoms with Crippen molar-refractivity contribution in [3.8, 4) is 0 Å². The summed E-state index contributed by atoms with van der Waals surface area (Å²) in [5.74, 6) is 0. The third-order valence-corrected chi connectivity index (χ3v) is 6.46. The topological polar surface area (TPSA) is 15.7 Å². The summed E-state index contributed by atoms with van der Waals surface area (Å²) in [6.07, 6.45) is 8.35. The Labute approximate surface area is 137 Å². The molecule has 128 valence electrons. The van der Waals surface area contributed by atoms with Gasteiger partial charge < -0.3 is 9.64 Å². The molecule has 0 aromatic carbocycles. The van der Waals surface area contributed by atoms with Crippen molar-refractivity contribution in [2.45, 2.75) is 83.9 Å². The number of rotatable bonds is 5. The number of hydrogen-bond donors (Lipinski definition) is 0. The fraction of sp³-hybridized carbons (Fsp3) is 1.00. The number of morpholine rings is 1. The number of nitrogens with zero attached hydrogens (tertiary/aromatic N) is 2. The SMILES string of the molecule is CC(C)N1CCOC(C)(CCC(C)N2CCCC3(CC3)C2)C1. The van der Waals surface area contributed by atoms with Crippen molar-refractivity contribution >= 4 is 0 Å². The van der Waals surface area contributed by atoms with Crippen LogP contribution in [0.4, 0.5) is 0 Å². The van der Waals surface area contributed by atoms with Crippen LogP contribution in [0.2, 0.25) is 0 Å². The second kappa shape index (κ2) is 6.41. The van der Waals surface area contributed by atoms with E-state index in [1.54, 1.807) is 0 Å². The molecular weight excluding hydrogens is 272 g/mol. The molecule has 3 nitrogen and oxygen atoms in total. The van der Waals surface area contributed by atoms with Gasteiger partial charge in [0.05, 0.1) is 12.2 Å². The van der Waals surface area contributed by atoms with E-state index in [9.17, 15) is 0 Å². The van der Waals surface area contributed by atoms with Crippen molar-refractivity contribution in [2.24, 2.45) is 5.41 Å². The third-order valence-electron chi connectivity index (χ3n) is 6.46. The minimum Gasteiger partial charge on any atom is -0.373 e. The fourth-order valence-corrected chi connectivity index (χ4v) is 4.46. The van der Waals surface area contributed by atoms with Crippen LogP contribution in [0.1, 0.15) is 66.2 Å². The smallest absolute Gasteiger partial charge is 0.0782 e. The van der Waals surface area contributed by atoms with Gasteiger partial charge >= 0.3 is 0 Å². The molecule has 2 aliphatic heterocycles. The summed E-state index contributed by atoms with van der Waals surface area (Å²) in [7, 11) is 0. The number of hydrogen-bond acceptors (Lipinski definition) is 3. The van der Waals surface area contributed by atoms with E-state index in [1.165, 1.54) is 51.6 Å². The highest BCUT2D eigenvalue weighted by Crippen LogP contribution is 2.52. The van der Waals surface area contributed by atoms with E-state index in [0.29, 0.717) is 12.1 Å². The second-order valence-electron chi connectivity index (χ2n) is 8.82. The lowest BCUT2D eigenvalue weighted by Gasteiger charge is -2.44. The first-order valence-electron chi connectivity index (χ1n) is 9.54. The third kappa shape index (κ3) is 3.85. The Bertz CT molecular complexity index is 380. The van der Waals surface area contributed by atoms with Crippen molar-refractivity contribution in [1.29, 1.82) is 0 Å². The first-order valence-corrected chi connectivity index (χ1v) is 9.54. The predicted molar refractivity (Wildman–Crippen MR) is 92.2 cm³/mol. The Morgan fingerprint density at radius 2 is 1.77 bits per heavy atom. The molecule has 0 amide bonds. The van der Waals surface area contributed by atoms with Crippen molar-refractivity contribution < 1.29 is 4.74 Å². The Morgan fingerprint density at radius 1 is 1.00 bits per heavy atom. The molecule has 3 rings (SSSR count). The number of ether oxygens (including phenoxy) is 1. The van der Waals surface area contributed by atoms with Crippen LogP contribution in [0.5, 0.6) is 0 Å². The van der Waals surface area contributed by atoms with Gasteiger partial charge in [0.1, 0.15) is 0 Å². The predicted octanol–water partition coefficient (Wildman–Crippen LogP) is 3.53. The number of likely N-dealkylation sites (tertiary alicyclic amines) is 1. The van der Waals surface area contributed by atoms with Crippen LogP contribution in [0, 0.1) is 5.41 Å². The van der Waals surface area contributed by atoms with Crippen LogP contribution >= 0.6 is 0 Å².